The Bertz CT molecular complexity index is 5060. The third-order valence-electron chi connectivity index (χ3n) is 22.7. The number of benzene rings is 7. The van der Waals surface area contributed by atoms with Crippen molar-refractivity contribution in [1.82, 2.24) is 35.4 Å². The van der Waals surface area contributed by atoms with Crippen molar-refractivity contribution in [3.8, 4) is 45.5 Å². The lowest BCUT2D eigenvalue weighted by atomic mass is 9.89. The van der Waals surface area contributed by atoms with Gasteiger partial charge < -0.3 is 54.1 Å². The average molecular weight is 1520 g/mol. The zero-order valence-electron chi connectivity index (χ0n) is 64.5. The molecule has 0 bridgehead atoms. The van der Waals surface area contributed by atoms with Crippen LogP contribution in [0.4, 0.5) is 16.2 Å². The van der Waals surface area contributed by atoms with E-state index in [-0.39, 0.29) is 147 Å². The van der Waals surface area contributed by atoms with Gasteiger partial charge in [-0.1, -0.05) is 122 Å². The Morgan fingerprint density at radius 1 is 0.688 bits per heavy atom. The summed E-state index contributed by atoms with van der Waals surface area (Å²) >= 11 is 0. The van der Waals surface area contributed by atoms with E-state index in [0.29, 0.717) is 65.4 Å². The minimum absolute atomic E-state index is 0.0117. The van der Waals surface area contributed by atoms with Crippen LogP contribution >= 0.6 is 0 Å². The summed E-state index contributed by atoms with van der Waals surface area (Å²) in [6.07, 6.45) is 3.67. The van der Waals surface area contributed by atoms with Gasteiger partial charge in [0.1, 0.15) is 18.1 Å². The predicted octanol–water partition coefficient (Wildman–Crippen LogP) is 12.8. The van der Waals surface area contributed by atoms with Crippen LogP contribution in [0.3, 0.4) is 0 Å². The number of Topliss-reactive ketones (excluding diaryl/α,β-unsaturated/α-hetero) is 3. The molecule has 1 unspecified atom stereocenters. The molecule has 8 aromatic rings. The van der Waals surface area contributed by atoms with E-state index in [0.717, 1.165) is 75.1 Å². The van der Waals surface area contributed by atoms with Gasteiger partial charge in [0.2, 0.25) is 17.7 Å². The average Bonchev–Trinajstić information content (AvgIpc) is 1.57. The quantitative estimate of drug-likeness (QED) is 0.0384. The first-order chi connectivity index (χ1) is 53.9. The predicted molar refractivity (Wildman–Crippen MR) is 421 cm³/mol. The molecule has 14 rings (SSSR count). The Morgan fingerprint density at radius 3 is 2.11 bits per heavy atom. The molecule has 582 valence electrons. The number of hydrogen-bond donors (Lipinski definition) is 3. The summed E-state index contributed by atoms with van der Waals surface area (Å²) in [6.45, 7) is 11.7. The SMILES string of the molecule is COc1cc2c(cc1OCCCOc1cc3c(cc1OC)C(=O)N1CC4(CC4)C[C@H]1C(O)N3C(=O)OCc1ccc(CC(=O)[C@H](C)NC(=O)[C@@H](CC(=O)CNC(=O)CCC(=O)CCC(=O)N3Cc4ccccc4-c4c(nnn4C(C)C)-c4ccccc43)C(C)C)cc1)CC[C@@H]1CC(c3ccc4cc(C)ccc4c3)=CN1C2=O. The zero-order valence-corrected chi connectivity index (χ0v) is 64.5. The van der Waals surface area contributed by atoms with Gasteiger partial charge in [-0.2, -0.15) is 0 Å². The van der Waals surface area contributed by atoms with E-state index in [9.17, 15) is 48.3 Å². The van der Waals surface area contributed by atoms with Gasteiger partial charge in [0.25, 0.3) is 11.8 Å². The number of aliphatic hydroxyl groups is 1. The molecule has 1 aliphatic carbocycles. The smallest absolute Gasteiger partial charge is 0.416 e. The zero-order chi connectivity index (χ0) is 78.8. The second kappa shape index (κ2) is 32.8. The number of para-hydroxylation sites is 1. The van der Waals surface area contributed by atoms with Gasteiger partial charge in [-0.05, 0) is 152 Å². The summed E-state index contributed by atoms with van der Waals surface area (Å²) in [5.41, 5.74) is 10.9. The van der Waals surface area contributed by atoms with Crippen LogP contribution in [0.2, 0.25) is 0 Å². The number of aromatic nitrogens is 3. The molecule has 1 saturated heterocycles. The fraction of sp³-hybridized carbons (Fsp3) is 0.398. The first-order valence-corrected chi connectivity index (χ1v) is 38.8. The van der Waals surface area contributed by atoms with Crippen molar-refractivity contribution in [2.24, 2.45) is 17.3 Å². The molecular formula is C88H95N9O15. The number of hydrogen-bond acceptors (Lipinski definition) is 17. The molecule has 1 spiro atoms. The molecule has 6 heterocycles. The number of ketones is 3. The van der Waals surface area contributed by atoms with Crippen LogP contribution < -0.4 is 39.4 Å². The third-order valence-corrected chi connectivity index (χ3v) is 22.7. The summed E-state index contributed by atoms with van der Waals surface area (Å²) in [5.74, 6) is -2.52. The fourth-order valence-corrected chi connectivity index (χ4v) is 16.1. The summed E-state index contributed by atoms with van der Waals surface area (Å²) in [7, 11) is 3.00. The van der Waals surface area contributed by atoms with Crippen molar-refractivity contribution in [2.75, 3.05) is 50.3 Å². The number of carbonyl (C=O) groups excluding carboxylic acids is 9. The molecule has 2 fully saturated rings. The van der Waals surface area contributed by atoms with Gasteiger partial charge in [-0.3, -0.25) is 38.4 Å². The van der Waals surface area contributed by atoms with Crippen LogP contribution in [0.5, 0.6) is 23.0 Å². The summed E-state index contributed by atoms with van der Waals surface area (Å²) in [4.78, 5) is 131. The molecular weight excluding hydrogens is 1420 g/mol. The van der Waals surface area contributed by atoms with Crippen molar-refractivity contribution in [1.29, 1.82) is 0 Å². The molecule has 5 atom stereocenters. The third kappa shape index (κ3) is 16.3. The van der Waals surface area contributed by atoms with Gasteiger partial charge in [0.05, 0.1) is 75.2 Å². The number of amides is 6. The molecule has 112 heavy (non-hydrogen) atoms. The maximum atomic E-state index is 14.6. The standard InChI is InChI=1S/C88H95N9O15/c1-51(2)68(41-65(99)46-89-79(101)30-28-64(98)29-31-80(102)94-47-61-14-9-10-15-66(61)82-81(91-92-97(82)52(3)4)67-16-11-12-17-71(67)94)83(103)90-54(6)74(100)37-55-19-21-56(22-20-55)49-112-87(107)96-72-44-78(76(109-8)43-70(72)85(105)95-50-88(32-33-88)45-73(95)86(96)106)111-35-13-34-110-77-40-60-26-27-63-39-62(48-93(63)84(104)69(60)42-75(77)108-7)59-25-24-57-36-53(5)18-23-58(57)38-59/h9-12,14-25,36,38,40,42-44,48,51-52,54,63,68,73,86,106H,13,26-35,37,39,41,45-47,49-50H2,1-8H3,(H,89,101)(H,90,103)/t54-,63+,68-,73-,86?/m0/s1. The number of ether oxygens (including phenoxy) is 5. The van der Waals surface area contributed by atoms with Crippen LogP contribution in [0.15, 0.2) is 140 Å². The highest BCUT2D eigenvalue weighted by atomic mass is 16.6. The topological polar surface area (TPSA) is 288 Å². The minimum atomic E-state index is -1.48. The lowest BCUT2D eigenvalue weighted by Gasteiger charge is -2.31. The first kappa shape index (κ1) is 77.2. The Morgan fingerprint density at radius 2 is 1.38 bits per heavy atom. The highest BCUT2D eigenvalue weighted by molar-refractivity contribution is 6.07. The van der Waals surface area contributed by atoms with E-state index in [1.807, 2.05) is 84.2 Å². The summed E-state index contributed by atoms with van der Waals surface area (Å²) in [6, 6.07) is 40.1. The lowest BCUT2D eigenvalue weighted by Crippen LogP contribution is -2.50. The van der Waals surface area contributed by atoms with Gasteiger partial charge in [-0.25, -0.2) is 14.4 Å². The highest BCUT2D eigenvalue weighted by Crippen LogP contribution is 2.57. The van der Waals surface area contributed by atoms with Gasteiger partial charge in [-0.15, -0.1) is 5.10 Å². The first-order valence-electron chi connectivity index (χ1n) is 38.8. The van der Waals surface area contributed by atoms with E-state index in [1.54, 1.807) is 68.0 Å². The lowest BCUT2D eigenvalue weighted by molar-refractivity contribution is -0.133. The Hall–Kier alpha value is -11.5. The monoisotopic (exact) mass is 1520 g/mol. The van der Waals surface area contributed by atoms with E-state index < -0.39 is 47.9 Å². The maximum absolute atomic E-state index is 14.6. The van der Waals surface area contributed by atoms with Crippen molar-refractivity contribution < 1.29 is 71.9 Å². The van der Waals surface area contributed by atoms with E-state index in [1.165, 1.54) is 30.2 Å². The Kier molecular flexibility index (Phi) is 22.6. The normalized spacial score (nSPS) is 17.6. The van der Waals surface area contributed by atoms with Crippen LogP contribution in [-0.2, 0) is 59.5 Å². The number of carbonyl (C=O) groups is 9. The molecule has 7 aromatic carbocycles. The van der Waals surface area contributed by atoms with Gasteiger partial charge in [0, 0.05) is 98.4 Å². The maximum Gasteiger partial charge on any atom is 0.416 e. The molecule has 24 heteroatoms. The van der Waals surface area contributed by atoms with Crippen LogP contribution in [0.1, 0.15) is 165 Å². The molecule has 1 saturated carbocycles. The van der Waals surface area contributed by atoms with Gasteiger partial charge in [0.15, 0.2) is 40.8 Å². The summed E-state index contributed by atoms with van der Waals surface area (Å²) in [5, 5.41) is 29.0. The van der Waals surface area contributed by atoms with Crippen LogP contribution in [-0.4, -0.2) is 148 Å². The number of anilines is 2. The van der Waals surface area contributed by atoms with Crippen molar-refractivity contribution in [2.45, 2.75) is 169 Å². The van der Waals surface area contributed by atoms with Crippen LogP contribution in [0, 0.1) is 24.2 Å². The number of nitrogens with zero attached hydrogens (tertiary/aromatic N) is 7. The van der Waals surface area contributed by atoms with E-state index in [2.05, 4.69) is 64.3 Å². The minimum Gasteiger partial charge on any atom is -0.493 e. The second-order valence-corrected chi connectivity index (χ2v) is 31.2. The number of aryl methyl sites for hydroxylation is 2. The number of nitrogens with one attached hydrogen (secondary N) is 2. The molecule has 24 nitrogen and oxygen atoms in total. The number of aliphatic hydroxyl groups excluding tert-OH is 1. The Balaban J connectivity index is 0.541. The largest absolute Gasteiger partial charge is 0.493 e. The van der Waals surface area contributed by atoms with Gasteiger partial charge >= 0.3 is 6.09 Å². The molecule has 6 amide bonds. The Labute approximate surface area is 650 Å². The number of rotatable bonds is 28. The number of fused-ring (bicyclic) bond motifs is 10. The molecule has 1 aromatic heterocycles. The molecule has 0 radical (unpaired) electrons. The molecule has 6 aliphatic rings. The molecule has 5 aliphatic heterocycles. The van der Waals surface area contributed by atoms with Crippen molar-refractivity contribution >= 4 is 80.7 Å². The number of methoxy groups -OCH3 is 2. The van der Waals surface area contributed by atoms with Crippen molar-refractivity contribution in [3.63, 3.8) is 0 Å². The van der Waals surface area contributed by atoms with Crippen LogP contribution in [0.25, 0.3) is 38.9 Å². The second-order valence-electron chi connectivity index (χ2n) is 31.2. The molecule has 3 N–H and O–H groups in total. The summed E-state index contributed by atoms with van der Waals surface area (Å²) < 4.78 is 32.1. The fourth-order valence-electron chi connectivity index (χ4n) is 16.1. The van der Waals surface area contributed by atoms with E-state index in [4.69, 9.17) is 23.7 Å². The van der Waals surface area contributed by atoms with E-state index >= 15 is 0 Å². The highest BCUT2D eigenvalue weighted by Gasteiger charge is 2.58. The van der Waals surface area contributed by atoms with Crippen molar-refractivity contribution in [3.05, 3.63) is 184 Å².